The molecule has 0 aromatic heterocycles. The number of aliphatic carboxylic acids is 1. The second-order valence-electron chi connectivity index (χ2n) is 6.81. The first kappa shape index (κ1) is 19.0. The molecule has 0 spiro atoms. The van der Waals surface area contributed by atoms with Crippen LogP contribution in [-0.4, -0.2) is 28.1 Å². The van der Waals surface area contributed by atoms with Gasteiger partial charge in [0.05, 0.1) is 12.1 Å². The molecule has 2 aliphatic rings. The number of benzene rings is 1. The van der Waals surface area contributed by atoms with Crippen LogP contribution in [0.5, 0.6) is 0 Å². The molecule has 7 heteroatoms. The van der Waals surface area contributed by atoms with E-state index in [4.69, 9.17) is 4.74 Å². The Morgan fingerprint density at radius 3 is 2.38 bits per heavy atom. The zero-order chi connectivity index (χ0) is 16.9. The summed E-state index contributed by atoms with van der Waals surface area (Å²) in [4.78, 5) is 24.9. The summed E-state index contributed by atoms with van der Waals surface area (Å²) in [6.45, 7) is 5.39. The van der Waals surface area contributed by atoms with Gasteiger partial charge in [-0.1, -0.05) is 51.1 Å². The molecule has 3 atom stereocenters. The maximum atomic E-state index is 12.4. The van der Waals surface area contributed by atoms with Crippen molar-refractivity contribution in [1.29, 1.82) is 0 Å². The fourth-order valence-corrected chi connectivity index (χ4v) is 3.01. The number of hydrogen-bond acceptors (Lipinski definition) is 5. The third-order valence-corrected chi connectivity index (χ3v) is 4.13. The van der Waals surface area contributed by atoms with Gasteiger partial charge >= 0.3 is 29.6 Å². The van der Waals surface area contributed by atoms with Crippen molar-refractivity contribution in [2.45, 2.75) is 33.1 Å². The Morgan fingerprint density at radius 2 is 1.88 bits per heavy atom. The predicted molar refractivity (Wildman–Crippen MR) is 78.1 cm³/mol. The van der Waals surface area contributed by atoms with Gasteiger partial charge in [0.2, 0.25) is 5.91 Å². The van der Waals surface area contributed by atoms with E-state index in [-0.39, 0.29) is 41.0 Å². The average Bonchev–Trinajstić information content (AvgIpc) is 2.84. The Kier molecular flexibility index (Phi) is 5.16. The largest absolute Gasteiger partial charge is 1.00 e. The Balaban J connectivity index is 0.00000208. The van der Waals surface area contributed by atoms with Crippen LogP contribution in [0.2, 0.25) is 0 Å². The molecular weight excluding hydrogens is 321 g/mol. The molecule has 3 rings (SSSR count). The van der Waals surface area contributed by atoms with Crippen LogP contribution in [-0.2, 0) is 14.3 Å². The number of fused-ring (bicyclic) bond motifs is 1. The van der Waals surface area contributed by atoms with Gasteiger partial charge in [-0.15, -0.1) is 0 Å². The molecule has 24 heavy (non-hydrogen) atoms. The predicted octanol–water partition coefficient (Wildman–Crippen LogP) is -2.45. The minimum Gasteiger partial charge on any atom is -0.543 e. The van der Waals surface area contributed by atoms with Crippen molar-refractivity contribution >= 4 is 11.9 Å². The van der Waals surface area contributed by atoms with Gasteiger partial charge in [-0.2, -0.15) is 0 Å². The Labute approximate surface area is 162 Å². The first-order valence-electron chi connectivity index (χ1n) is 7.42. The molecule has 0 unspecified atom stereocenters. The number of aliphatic hydroxyl groups is 1. The molecule has 1 amide bonds. The van der Waals surface area contributed by atoms with Gasteiger partial charge in [0.1, 0.15) is 17.4 Å². The van der Waals surface area contributed by atoms with Crippen molar-refractivity contribution < 1.29 is 54.1 Å². The molecule has 1 saturated heterocycles. The molecule has 0 aliphatic carbocycles. The van der Waals surface area contributed by atoms with Crippen molar-refractivity contribution in [3.05, 3.63) is 47.4 Å². The van der Waals surface area contributed by atoms with Gasteiger partial charge in [-0.05, 0) is 5.56 Å². The normalized spacial score (nSPS) is 23.8. The number of carboxylic acids is 1. The van der Waals surface area contributed by atoms with E-state index >= 15 is 0 Å². The van der Waals surface area contributed by atoms with Gasteiger partial charge in [0.25, 0.3) is 0 Å². The summed E-state index contributed by atoms with van der Waals surface area (Å²) >= 11 is 0. The second-order valence-corrected chi connectivity index (χ2v) is 6.81. The van der Waals surface area contributed by atoms with Crippen LogP contribution in [0.15, 0.2) is 41.8 Å². The molecule has 2 heterocycles. The van der Waals surface area contributed by atoms with E-state index in [1.165, 1.54) is 0 Å². The fourth-order valence-electron chi connectivity index (χ4n) is 3.01. The Morgan fingerprint density at radius 1 is 1.29 bits per heavy atom. The van der Waals surface area contributed by atoms with E-state index < -0.39 is 35.5 Å². The topological polar surface area (TPSA) is 89.9 Å². The molecule has 0 bridgehead atoms. The van der Waals surface area contributed by atoms with Crippen LogP contribution in [0.3, 0.4) is 0 Å². The Bertz CT molecular complexity index is 695. The van der Waals surface area contributed by atoms with E-state index in [9.17, 15) is 19.8 Å². The molecule has 122 valence electrons. The quantitative estimate of drug-likeness (QED) is 0.488. The van der Waals surface area contributed by atoms with Crippen LogP contribution in [0, 0.1) is 11.3 Å². The minimum atomic E-state index is -1.45. The summed E-state index contributed by atoms with van der Waals surface area (Å²) in [6, 6.07) is 8.77. The zero-order valence-electron chi connectivity index (χ0n) is 14.1. The van der Waals surface area contributed by atoms with E-state index in [2.05, 4.69) is 0 Å². The summed E-state index contributed by atoms with van der Waals surface area (Å²) in [5.74, 6) is -2.53. The van der Waals surface area contributed by atoms with E-state index in [0.717, 1.165) is 4.90 Å². The first-order chi connectivity index (χ1) is 10.7. The van der Waals surface area contributed by atoms with Gasteiger partial charge in [0, 0.05) is 5.41 Å². The first-order valence-corrected chi connectivity index (χ1v) is 7.42. The number of aliphatic hydroxyl groups excluding tert-OH is 1. The summed E-state index contributed by atoms with van der Waals surface area (Å²) in [6.07, 6.45) is -1.85. The van der Waals surface area contributed by atoms with Gasteiger partial charge in [-0.25, -0.2) is 0 Å². The maximum Gasteiger partial charge on any atom is 1.00 e. The monoisotopic (exact) mass is 339 g/mol. The number of nitrogens with zero attached hydrogens (tertiary/aromatic N) is 1. The second kappa shape index (κ2) is 6.52. The standard InChI is InChI=1S/C17H19NO5.Na/c1-17(2,3)13-11(16(21)22)18-14(20)10(15(18)23-13)12(19)9-7-5-4-6-8-9;/h4-8,10,12,15,19H,1-3H3,(H,21,22);/q;+1/p-1/t10-,12+,15+;/m0./s1. The average molecular weight is 339 g/mol. The molecule has 1 fully saturated rings. The van der Waals surface area contributed by atoms with Crippen LogP contribution >= 0.6 is 0 Å². The molecular formula is C17H18NNaO5. The number of carbonyl (C=O) groups excluding carboxylic acids is 2. The van der Waals surface area contributed by atoms with Crippen molar-refractivity contribution in [3.8, 4) is 0 Å². The molecule has 1 aromatic rings. The number of β-lactam (4-membered cyclic amide) rings is 1. The third-order valence-electron chi connectivity index (χ3n) is 4.13. The number of rotatable bonds is 3. The minimum absolute atomic E-state index is 0. The molecule has 0 radical (unpaired) electrons. The van der Waals surface area contributed by atoms with Crippen LogP contribution in [0.4, 0.5) is 0 Å². The van der Waals surface area contributed by atoms with E-state index in [0.29, 0.717) is 5.56 Å². The number of carbonyl (C=O) groups is 2. The van der Waals surface area contributed by atoms with E-state index in [1.54, 1.807) is 45.0 Å². The summed E-state index contributed by atoms with van der Waals surface area (Å²) in [5.41, 5.74) is -0.229. The number of hydrogen-bond donors (Lipinski definition) is 1. The maximum absolute atomic E-state index is 12.4. The van der Waals surface area contributed by atoms with Gasteiger partial charge < -0.3 is 19.7 Å². The third kappa shape index (κ3) is 2.88. The SMILES string of the molecule is CC(C)(C)C1=C(C(=O)[O-])N2C(=O)[C@H]([C@H](O)c3ccccc3)[C@H]2O1.[Na+]. The van der Waals surface area contributed by atoms with Gasteiger partial charge in [-0.3, -0.25) is 9.69 Å². The van der Waals surface area contributed by atoms with Crippen molar-refractivity contribution in [3.63, 3.8) is 0 Å². The van der Waals surface area contributed by atoms with Crippen molar-refractivity contribution in [2.75, 3.05) is 0 Å². The summed E-state index contributed by atoms with van der Waals surface area (Å²) < 4.78 is 5.73. The van der Waals surface area contributed by atoms with E-state index in [1.807, 2.05) is 6.07 Å². The van der Waals surface area contributed by atoms with Crippen LogP contribution < -0.4 is 34.7 Å². The molecule has 0 saturated carbocycles. The number of allylic oxidation sites excluding steroid dienone is 1. The number of amides is 1. The van der Waals surface area contributed by atoms with Crippen molar-refractivity contribution in [1.82, 2.24) is 4.90 Å². The zero-order valence-corrected chi connectivity index (χ0v) is 16.1. The van der Waals surface area contributed by atoms with Gasteiger partial charge in [0.15, 0.2) is 6.23 Å². The smallest absolute Gasteiger partial charge is 0.543 e. The molecule has 6 nitrogen and oxygen atoms in total. The summed E-state index contributed by atoms with van der Waals surface area (Å²) in [7, 11) is 0. The van der Waals surface area contributed by atoms with Crippen LogP contribution in [0.1, 0.15) is 32.4 Å². The number of ether oxygens (including phenoxy) is 1. The Hall–Kier alpha value is -1.34. The molecule has 1 aromatic carbocycles. The molecule has 1 N–H and O–H groups in total. The van der Waals surface area contributed by atoms with Crippen LogP contribution in [0.25, 0.3) is 0 Å². The number of carboxylic acid groups (broad SMARTS) is 1. The van der Waals surface area contributed by atoms with Crippen molar-refractivity contribution in [2.24, 2.45) is 11.3 Å². The molecule has 2 aliphatic heterocycles. The fraction of sp³-hybridized carbons (Fsp3) is 0.412. The summed E-state index contributed by atoms with van der Waals surface area (Å²) in [5, 5.41) is 21.9.